The molecule has 1 heteroatoms. The van der Waals surface area contributed by atoms with E-state index in [1.165, 1.54) is 19.3 Å². The molecule has 0 atom stereocenters. The molecule has 0 aromatic heterocycles. The summed E-state index contributed by atoms with van der Waals surface area (Å²) in [5.41, 5.74) is 0. The minimum atomic E-state index is 0. The van der Waals surface area contributed by atoms with Gasteiger partial charge in [0.2, 0.25) is 0 Å². The normalized spacial score (nSPS) is 6.70. The van der Waals surface area contributed by atoms with Crippen molar-refractivity contribution in [3.8, 4) is 0 Å². The number of rotatable bonds is 4. The molecule has 0 aliphatic carbocycles. The SMILES string of the molecule is [CH-]=CCCCCC.[CH2-]C.[Zn+2]. The Kier molecular flexibility index (Phi) is 38.2. The zero-order valence-corrected chi connectivity index (χ0v) is 10.4. The van der Waals surface area contributed by atoms with Crippen LogP contribution in [0.4, 0.5) is 0 Å². The van der Waals surface area contributed by atoms with Gasteiger partial charge in [-0.05, 0) is 0 Å². The Balaban J connectivity index is -0.000000149. The minimum Gasteiger partial charge on any atom is -0.518 e. The monoisotopic (exact) mass is 190 g/mol. The van der Waals surface area contributed by atoms with Gasteiger partial charge in [0.05, 0.1) is 0 Å². The maximum absolute atomic E-state index is 5.14. The molecule has 0 aromatic rings. The van der Waals surface area contributed by atoms with E-state index in [9.17, 15) is 0 Å². The summed E-state index contributed by atoms with van der Waals surface area (Å²) >= 11 is 0. The second kappa shape index (κ2) is 22.8. The Morgan fingerprint density at radius 2 is 1.80 bits per heavy atom. The van der Waals surface area contributed by atoms with E-state index >= 15 is 0 Å². The first-order valence-corrected chi connectivity index (χ1v) is 3.66. The molecule has 0 aliphatic heterocycles. The summed E-state index contributed by atoms with van der Waals surface area (Å²) < 4.78 is 0. The zero-order chi connectivity index (χ0) is 7.54. The molecule has 0 radical (unpaired) electrons. The molecule has 56 valence electrons. The molecular weight excluding hydrogens is 173 g/mol. The van der Waals surface area contributed by atoms with Crippen LogP contribution in [0.2, 0.25) is 0 Å². The second-order valence-electron chi connectivity index (χ2n) is 1.73. The second-order valence-corrected chi connectivity index (χ2v) is 1.73. The summed E-state index contributed by atoms with van der Waals surface area (Å²) in [7, 11) is 0. The Bertz CT molecular complexity index is 42.0. The Labute approximate surface area is 78.9 Å². The van der Waals surface area contributed by atoms with Gasteiger partial charge in [-0.2, -0.15) is 6.92 Å². The fourth-order valence-corrected chi connectivity index (χ4v) is 0.512. The van der Waals surface area contributed by atoms with Crippen molar-refractivity contribution >= 4 is 0 Å². The largest absolute Gasteiger partial charge is 2.00 e. The third kappa shape index (κ3) is 23.8. The van der Waals surface area contributed by atoms with Gasteiger partial charge >= 0.3 is 19.5 Å². The van der Waals surface area contributed by atoms with Crippen LogP contribution < -0.4 is 0 Å². The number of unbranched alkanes of at least 4 members (excludes halogenated alkanes) is 3. The van der Waals surface area contributed by atoms with Crippen LogP contribution in [0.25, 0.3) is 0 Å². The first-order valence-electron chi connectivity index (χ1n) is 3.66. The molecule has 0 nitrogen and oxygen atoms in total. The van der Waals surface area contributed by atoms with Gasteiger partial charge in [-0.15, -0.1) is 0 Å². The molecule has 0 rings (SSSR count). The van der Waals surface area contributed by atoms with Crippen LogP contribution in [0.1, 0.15) is 39.5 Å². The van der Waals surface area contributed by atoms with Crippen LogP contribution in [-0.4, -0.2) is 0 Å². The molecular formula is C9H18Zn. The van der Waals surface area contributed by atoms with Crippen LogP contribution in [0, 0.1) is 13.5 Å². The first kappa shape index (κ1) is 16.8. The minimum absolute atomic E-state index is 0. The summed E-state index contributed by atoms with van der Waals surface area (Å²) in [5, 5.41) is 0. The molecule has 0 saturated heterocycles. The molecule has 0 unspecified atom stereocenters. The Morgan fingerprint density at radius 1 is 1.30 bits per heavy atom. The molecule has 0 N–H and O–H groups in total. The predicted molar refractivity (Wildman–Crippen MR) is 44.0 cm³/mol. The maximum Gasteiger partial charge on any atom is 2.00 e. The van der Waals surface area contributed by atoms with Crippen molar-refractivity contribution in [2.24, 2.45) is 0 Å². The molecule has 0 saturated carbocycles. The molecule has 0 heterocycles. The summed E-state index contributed by atoms with van der Waals surface area (Å²) in [6.45, 7) is 12.3. The van der Waals surface area contributed by atoms with Gasteiger partial charge in [-0.3, -0.25) is 6.08 Å². The van der Waals surface area contributed by atoms with E-state index in [4.69, 9.17) is 6.58 Å². The van der Waals surface area contributed by atoms with Gasteiger partial charge in [-0.1, -0.05) is 32.6 Å². The topological polar surface area (TPSA) is 0 Å². The molecule has 0 spiro atoms. The quantitative estimate of drug-likeness (QED) is 0.363. The van der Waals surface area contributed by atoms with Crippen molar-refractivity contribution in [3.63, 3.8) is 0 Å². The predicted octanol–water partition coefficient (Wildman–Crippen LogP) is 3.39. The summed E-state index contributed by atoms with van der Waals surface area (Å²) in [6.07, 6.45) is 6.66. The van der Waals surface area contributed by atoms with E-state index in [-0.39, 0.29) is 19.5 Å². The third-order valence-electron chi connectivity index (χ3n) is 0.974. The van der Waals surface area contributed by atoms with Gasteiger partial charge < -0.3 is 13.5 Å². The summed E-state index contributed by atoms with van der Waals surface area (Å²) in [4.78, 5) is 0. The van der Waals surface area contributed by atoms with Crippen LogP contribution in [0.15, 0.2) is 6.08 Å². The zero-order valence-electron chi connectivity index (χ0n) is 7.40. The van der Waals surface area contributed by atoms with Crippen molar-refractivity contribution in [1.29, 1.82) is 0 Å². The fraction of sp³-hybridized carbons (Fsp3) is 0.667. The van der Waals surface area contributed by atoms with E-state index < -0.39 is 0 Å². The van der Waals surface area contributed by atoms with Gasteiger partial charge in [0.1, 0.15) is 0 Å². The van der Waals surface area contributed by atoms with Crippen LogP contribution in [-0.2, 0) is 19.5 Å². The van der Waals surface area contributed by atoms with Crippen molar-refractivity contribution in [2.75, 3.05) is 0 Å². The number of hydrogen-bond donors (Lipinski definition) is 0. The molecule has 0 aromatic carbocycles. The van der Waals surface area contributed by atoms with E-state index in [0.29, 0.717) is 0 Å². The molecule has 10 heavy (non-hydrogen) atoms. The van der Waals surface area contributed by atoms with E-state index in [2.05, 4.69) is 13.8 Å². The third-order valence-corrected chi connectivity index (χ3v) is 0.974. The average molecular weight is 192 g/mol. The van der Waals surface area contributed by atoms with E-state index in [1.54, 1.807) is 13.0 Å². The van der Waals surface area contributed by atoms with Gasteiger partial charge in [0, 0.05) is 0 Å². The Hall–Kier alpha value is 0.363. The van der Waals surface area contributed by atoms with Gasteiger partial charge in [0.25, 0.3) is 0 Å². The molecule has 0 amide bonds. The number of hydrogen-bond acceptors (Lipinski definition) is 0. The van der Waals surface area contributed by atoms with E-state index in [0.717, 1.165) is 6.42 Å². The van der Waals surface area contributed by atoms with E-state index in [1.807, 2.05) is 0 Å². The van der Waals surface area contributed by atoms with Crippen LogP contribution in [0.3, 0.4) is 0 Å². The summed E-state index contributed by atoms with van der Waals surface area (Å²) in [6, 6.07) is 0. The van der Waals surface area contributed by atoms with Crippen molar-refractivity contribution in [2.45, 2.75) is 39.5 Å². The van der Waals surface area contributed by atoms with Crippen molar-refractivity contribution < 1.29 is 19.5 Å². The fourth-order valence-electron chi connectivity index (χ4n) is 0.512. The van der Waals surface area contributed by atoms with Crippen LogP contribution in [0.5, 0.6) is 0 Å². The molecule has 0 bridgehead atoms. The summed E-state index contributed by atoms with van der Waals surface area (Å²) in [5.74, 6) is 0. The smallest absolute Gasteiger partial charge is 0.518 e. The van der Waals surface area contributed by atoms with Crippen molar-refractivity contribution in [3.05, 3.63) is 19.6 Å². The number of allylic oxidation sites excluding steroid dienone is 1. The first-order chi connectivity index (χ1) is 4.41. The van der Waals surface area contributed by atoms with Crippen molar-refractivity contribution in [1.82, 2.24) is 0 Å². The average Bonchev–Trinajstić information content (AvgIpc) is 1.94. The van der Waals surface area contributed by atoms with Gasteiger partial charge in [0.15, 0.2) is 0 Å². The Morgan fingerprint density at radius 3 is 2.10 bits per heavy atom. The molecule has 0 fully saturated rings. The standard InChI is InChI=1S/C7H13.C2H5.Zn/c1-3-5-7-6-4-2;1-2;/h1,3H,4-7H2,2H3;1H2,2H3;/q2*-1;+2. The maximum atomic E-state index is 5.14. The van der Waals surface area contributed by atoms with Crippen LogP contribution >= 0.6 is 0 Å². The molecule has 0 aliphatic rings. The van der Waals surface area contributed by atoms with Gasteiger partial charge in [-0.25, -0.2) is 0 Å².